The van der Waals surface area contributed by atoms with E-state index in [2.05, 4.69) is 16.1 Å². The van der Waals surface area contributed by atoms with Gasteiger partial charge in [-0.2, -0.15) is 5.26 Å². The van der Waals surface area contributed by atoms with Crippen molar-refractivity contribution in [2.24, 2.45) is 5.92 Å². The number of methoxy groups -OCH3 is 1. The lowest BCUT2D eigenvalue weighted by molar-refractivity contribution is -0.150. The zero-order valence-corrected chi connectivity index (χ0v) is 16.5. The van der Waals surface area contributed by atoms with Gasteiger partial charge in [-0.05, 0) is 44.7 Å². The predicted molar refractivity (Wildman–Crippen MR) is 103 cm³/mol. The van der Waals surface area contributed by atoms with E-state index < -0.39 is 17.9 Å². The summed E-state index contributed by atoms with van der Waals surface area (Å²) in [6.07, 6.45) is 2.34. The van der Waals surface area contributed by atoms with Crippen LogP contribution in [-0.4, -0.2) is 37.6 Å². The molecule has 0 fully saturated rings. The van der Waals surface area contributed by atoms with Crippen LogP contribution in [0, 0.1) is 17.2 Å². The fraction of sp³-hybridized carbons (Fsp3) is 0.524. The molecule has 28 heavy (non-hydrogen) atoms. The standard InChI is InChI=1S/C21H28N2O5/c1-3-28-21(26)17(12-9-14-19(24)27-2)18(13-7-8-15-22)23-20(25)16-10-5-4-6-11-16/h4-6,10-11,17-18H,3,7-9,12-14H2,1-2H3,(H,23,25)/t17-,18+/m1/s1. The first-order chi connectivity index (χ1) is 13.5. The van der Waals surface area contributed by atoms with Crippen molar-refractivity contribution in [3.8, 4) is 6.07 Å². The summed E-state index contributed by atoms with van der Waals surface area (Å²) in [5.41, 5.74) is 0.491. The molecule has 1 amide bonds. The highest BCUT2D eigenvalue weighted by atomic mass is 16.5. The number of carbonyl (C=O) groups is 3. The number of hydrogen-bond donors (Lipinski definition) is 1. The molecule has 0 aliphatic rings. The lowest BCUT2D eigenvalue weighted by Crippen LogP contribution is -2.44. The van der Waals surface area contributed by atoms with Gasteiger partial charge in [0.25, 0.3) is 5.91 Å². The molecular formula is C21H28N2O5. The highest BCUT2D eigenvalue weighted by Gasteiger charge is 2.30. The van der Waals surface area contributed by atoms with Crippen LogP contribution in [0.25, 0.3) is 0 Å². The Bertz CT molecular complexity index is 669. The van der Waals surface area contributed by atoms with E-state index >= 15 is 0 Å². The number of esters is 2. The van der Waals surface area contributed by atoms with Gasteiger partial charge < -0.3 is 14.8 Å². The van der Waals surface area contributed by atoms with Crippen molar-refractivity contribution in [1.29, 1.82) is 5.26 Å². The van der Waals surface area contributed by atoms with Gasteiger partial charge in [-0.25, -0.2) is 0 Å². The summed E-state index contributed by atoms with van der Waals surface area (Å²) in [5.74, 6) is -1.65. The van der Waals surface area contributed by atoms with E-state index in [1.807, 2.05) is 6.07 Å². The summed E-state index contributed by atoms with van der Waals surface area (Å²) in [5, 5.41) is 11.7. The maximum Gasteiger partial charge on any atom is 0.311 e. The molecule has 0 aliphatic carbocycles. The molecule has 7 heteroatoms. The second kappa shape index (κ2) is 13.3. The van der Waals surface area contributed by atoms with Crippen LogP contribution in [0.1, 0.15) is 55.8 Å². The number of amides is 1. The molecule has 152 valence electrons. The van der Waals surface area contributed by atoms with Crippen LogP contribution >= 0.6 is 0 Å². The molecular weight excluding hydrogens is 360 g/mol. The Labute approximate surface area is 166 Å². The molecule has 0 saturated heterocycles. The maximum absolute atomic E-state index is 12.6. The van der Waals surface area contributed by atoms with Crippen LogP contribution in [-0.2, 0) is 19.1 Å². The molecule has 0 bridgehead atoms. The Morgan fingerprint density at radius 1 is 1.14 bits per heavy atom. The predicted octanol–water partition coefficient (Wildman–Crippen LogP) is 3.00. The molecule has 0 radical (unpaired) electrons. The highest BCUT2D eigenvalue weighted by molar-refractivity contribution is 5.94. The molecule has 7 nitrogen and oxygen atoms in total. The molecule has 0 aliphatic heterocycles. The zero-order chi connectivity index (χ0) is 20.8. The molecule has 0 heterocycles. The van der Waals surface area contributed by atoms with Gasteiger partial charge in [-0.15, -0.1) is 0 Å². The summed E-state index contributed by atoms with van der Waals surface area (Å²) in [6.45, 7) is 1.94. The van der Waals surface area contributed by atoms with Crippen molar-refractivity contribution < 1.29 is 23.9 Å². The molecule has 1 aromatic carbocycles. The van der Waals surface area contributed by atoms with Gasteiger partial charge in [-0.1, -0.05) is 18.2 Å². The first kappa shape index (κ1) is 23.2. The van der Waals surface area contributed by atoms with Gasteiger partial charge in [0.1, 0.15) is 0 Å². The van der Waals surface area contributed by atoms with Crippen molar-refractivity contribution in [3.05, 3.63) is 35.9 Å². The van der Waals surface area contributed by atoms with Crippen molar-refractivity contribution in [2.45, 2.75) is 51.5 Å². The van der Waals surface area contributed by atoms with E-state index in [9.17, 15) is 14.4 Å². The number of nitrogens with one attached hydrogen (secondary N) is 1. The number of benzene rings is 1. The van der Waals surface area contributed by atoms with Crippen LogP contribution in [0.4, 0.5) is 0 Å². The topological polar surface area (TPSA) is 105 Å². The molecule has 0 aromatic heterocycles. The SMILES string of the molecule is CCOC(=O)[C@H](CCCC(=O)OC)[C@H](CCCC#N)NC(=O)c1ccccc1. The first-order valence-corrected chi connectivity index (χ1v) is 9.49. The van der Waals surface area contributed by atoms with E-state index in [-0.39, 0.29) is 24.9 Å². The van der Waals surface area contributed by atoms with Gasteiger partial charge in [0.05, 0.1) is 25.7 Å². The monoisotopic (exact) mass is 388 g/mol. The molecule has 1 N–H and O–H groups in total. The minimum absolute atomic E-state index is 0.184. The smallest absolute Gasteiger partial charge is 0.311 e. The maximum atomic E-state index is 12.6. The van der Waals surface area contributed by atoms with Gasteiger partial charge in [0.15, 0.2) is 0 Å². The Balaban J connectivity index is 2.93. The summed E-state index contributed by atoms with van der Waals surface area (Å²) in [7, 11) is 1.32. The number of nitrogens with zero attached hydrogens (tertiary/aromatic N) is 1. The van der Waals surface area contributed by atoms with E-state index in [0.29, 0.717) is 37.7 Å². The Kier molecular flexibility index (Phi) is 11.0. The fourth-order valence-electron chi connectivity index (χ4n) is 2.92. The minimum atomic E-state index is -0.601. The Morgan fingerprint density at radius 3 is 2.46 bits per heavy atom. The van der Waals surface area contributed by atoms with Crippen molar-refractivity contribution >= 4 is 17.8 Å². The first-order valence-electron chi connectivity index (χ1n) is 9.49. The van der Waals surface area contributed by atoms with Crippen LogP contribution in [0.15, 0.2) is 30.3 Å². The van der Waals surface area contributed by atoms with Crippen LogP contribution in [0.3, 0.4) is 0 Å². The minimum Gasteiger partial charge on any atom is -0.469 e. The van der Waals surface area contributed by atoms with Gasteiger partial charge in [0.2, 0.25) is 0 Å². The van der Waals surface area contributed by atoms with Crippen LogP contribution in [0.5, 0.6) is 0 Å². The molecule has 0 unspecified atom stereocenters. The fourth-order valence-corrected chi connectivity index (χ4v) is 2.92. The third kappa shape index (κ3) is 8.21. The van der Waals surface area contributed by atoms with Crippen molar-refractivity contribution in [2.75, 3.05) is 13.7 Å². The summed E-state index contributed by atoms with van der Waals surface area (Å²) >= 11 is 0. The van der Waals surface area contributed by atoms with Crippen molar-refractivity contribution in [1.82, 2.24) is 5.32 Å². The van der Waals surface area contributed by atoms with E-state index in [1.165, 1.54) is 7.11 Å². The normalized spacial score (nSPS) is 12.3. The number of hydrogen-bond acceptors (Lipinski definition) is 6. The largest absolute Gasteiger partial charge is 0.469 e. The van der Waals surface area contributed by atoms with E-state index in [4.69, 9.17) is 10.00 Å². The van der Waals surface area contributed by atoms with Crippen molar-refractivity contribution in [3.63, 3.8) is 0 Å². The Hall–Kier alpha value is -2.88. The van der Waals surface area contributed by atoms with Crippen LogP contribution < -0.4 is 5.32 Å². The quantitative estimate of drug-likeness (QED) is 0.436. The second-order valence-electron chi connectivity index (χ2n) is 6.32. The summed E-state index contributed by atoms with van der Waals surface area (Å²) < 4.78 is 9.83. The number of ether oxygens (including phenoxy) is 2. The third-order valence-electron chi connectivity index (χ3n) is 4.35. The van der Waals surface area contributed by atoms with Gasteiger partial charge in [-0.3, -0.25) is 14.4 Å². The zero-order valence-electron chi connectivity index (χ0n) is 16.5. The third-order valence-corrected chi connectivity index (χ3v) is 4.35. The summed E-state index contributed by atoms with van der Waals surface area (Å²) in [4.78, 5) is 36.5. The molecule has 0 spiro atoms. The molecule has 1 rings (SSSR count). The van der Waals surface area contributed by atoms with Gasteiger partial charge >= 0.3 is 11.9 Å². The molecule has 1 aromatic rings. The number of unbranched alkanes of at least 4 members (excludes halogenated alkanes) is 1. The summed E-state index contributed by atoms with van der Waals surface area (Å²) in [6, 6.07) is 10.3. The van der Waals surface area contributed by atoms with E-state index in [1.54, 1.807) is 31.2 Å². The number of nitriles is 1. The number of rotatable bonds is 12. The Morgan fingerprint density at radius 2 is 1.86 bits per heavy atom. The molecule has 2 atom stereocenters. The second-order valence-corrected chi connectivity index (χ2v) is 6.32. The molecule has 0 saturated carbocycles. The van der Waals surface area contributed by atoms with Crippen LogP contribution in [0.2, 0.25) is 0 Å². The average molecular weight is 388 g/mol. The highest BCUT2D eigenvalue weighted by Crippen LogP contribution is 2.21. The lowest BCUT2D eigenvalue weighted by Gasteiger charge is -2.26. The van der Waals surface area contributed by atoms with E-state index in [0.717, 1.165) is 0 Å². The number of carbonyl (C=O) groups excluding carboxylic acids is 3. The average Bonchev–Trinajstić information content (AvgIpc) is 2.71. The van der Waals surface area contributed by atoms with Gasteiger partial charge in [0, 0.05) is 24.4 Å². The lowest BCUT2D eigenvalue weighted by atomic mass is 9.89.